The minimum atomic E-state index is -0.429. The maximum absolute atomic E-state index is 12.5. The Kier molecular flexibility index (Phi) is 7.16. The summed E-state index contributed by atoms with van der Waals surface area (Å²) in [7, 11) is 0. The highest BCUT2D eigenvalue weighted by atomic mass is 16.5. The summed E-state index contributed by atoms with van der Waals surface area (Å²) in [5, 5.41) is 3.95. The lowest BCUT2D eigenvalue weighted by Gasteiger charge is -2.48. The molecule has 0 unspecified atom stereocenters. The number of nitrogens with zero attached hydrogens (tertiary/aromatic N) is 1. The molecule has 0 bridgehead atoms. The van der Waals surface area contributed by atoms with Crippen LogP contribution in [0.1, 0.15) is 48.8 Å². The summed E-state index contributed by atoms with van der Waals surface area (Å²) in [5.74, 6) is -0.679. The van der Waals surface area contributed by atoms with Gasteiger partial charge in [-0.25, -0.2) is 0 Å². The monoisotopic (exact) mass is 442 g/mol. The van der Waals surface area contributed by atoms with Gasteiger partial charge in [0.2, 0.25) is 0 Å². The van der Waals surface area contributed by atoms with Crippen molar-refractivity contribution in [1.82, 2.24) is 10.2 Å². The van der Waals surface area contributed by atoms with Crippen molar-refractivity contribution in [1.29, 1.82) is 0 Å². The third kappa shape index (κ3) is 5.15. The minimum Gasteiger partial charge on any atom is -0.464 e. The van der Waals surface area contributed by atoms with Gasteiger partial charge in [-0.15, -0.1) is 0 Å². The van der Waals surface area contributed by atoms with Gasteiger partial charge >= 0.3 is 5.97 Å². The second-order valence-electron chi connectivity index (χ2n) is 9.19. The van der Waals surface area contributed by atoms with Crippen LogP contribution in [0.4, 0.5) is 0 Å². The Morgan fingerprint density at radius 2 is 1.81 bits per heavy atom. The maximum atomic E-state index is 12.5. The average molecular weight is 443 g/mol. The van der Waals surface area contributed by atoms with Gasteiger partial charge in [0.1, 0.15) is 5.58 Å². The number of amides is 1. The summed E-state index contributed by atoms with van der Waals surface area (Å²) in [6.07, 6.45) is 7.46. The van der Waals surface area contributed by atoms with Crippen molar-refractivity contribution in [3.8, 4) is 0 Å². The number of carbonyl (C=O) groups is 2. The van der Waals surface area contributed by atoms with Crippen molar-refractivity contribution < 1.29 is 23.5 Å². The molecule has 1 aromatic heterocycles. The summed E-state index contributed by atoms with van der Waals surface area (Å²) in [5.41, 5.74) is 3.82. The molecule has 1 saturated heterocycles. The molecule has 1 aliphatic heterocycles. The molecule has 1 saturated carbocycles. The van der Waals surface area contributed by atoms with Gasteiger partial charge in [0.05, 0.1) is 25.9 Å². The Hall–Kier alpha value is -2.38. The Balaban J connectivity index is 1.28. The third-order valence-corrected chi connectivity index (χ3v) is 7.05. The number of morpholine rings is 1. The molecule has 2 aliphatic rings. The molecule has 32 heavy (non-hydrogen) atoms. The van der Waals surface area contributed by atoms with Crippen molar-refractivity contribution in [3.05, 3.63) is 35.1 Å². The summed E-state index contributed by atoms with van der Waals surface area (Å²) in [6.45, 7) is 7.69. The van der Waals surface area contributed by atoms with E-state index in [1.54, 1.807) is 6.26 Å². The van der Waals surface area contributed by atoms with E-state index in [1.165, 1.54) is 19.3 Å². The van der Waals surface area contributed by atoms with Crippen LogP contribution in [-0.2, 0) is 25.5 Å². The van der Waals surface area contributed by atoms with Crippen LogP contribution in [0.15, 0.2) is 22.8 Å². The summed E-state index contributed by atoms with van der Waals surface area (Å²) in [4.78, 5) is 27.3. The fourth-order valence-electron chi connectivity index (χ4n) is 4.99. The van der Waals surface area contributed by atoms with E-state index in [0.717, 1.165) is 66.8 Å². The molecular formula is C25H34N2O5. The number of benzene rings is 1. The van der Waals surface area contributed by atoms with Crippen LogP contribution in [0, 0.1) is 13.8 Å². The molecule has 4 rings (SSSR count). The number of carbonyl (C=O) groups excluding carboxylic acids is 2. The third-order valence-electron chi connectivity index (χ3n) is 7.05. The summed E-state index contributed by atoms with van der Waals surface area (Å²) >= 11 is 0. The number of hydrogen-bond donors (Lipinski definition) is 1. The van der Waals surface area contributed by atoms with Crippen LogP contribution in [0.25, 0.3) is 11.0 Å². The Labute approximate surface area is 189 Å². The summed E-state index contributed by atoms with van der Waals surface area (Å²) in [6, 6.07) is 4.00. The van der Waals surface area contributed by atoms with Crippen LogP contribution in [0.3, 0.4) is 0 Å². The second kappa shape index (κ2) is 10.0. The zero-order valence-electron chi connectivity index (χ0n) is 19.2. The van der Waals surface area contributed by atoms with Crippen molar-refractivity contribution in [2.24, 2.45) is 0 Å². The van der Waals surface area contributed by atoms with Crippen LogP contribution in [-0.4, -0.2) is 61.8 Å². The molecule has 1 N–H and O–H groups in total. The number of esters is 1. The van der Waals surface area contributed by atoms with Gasteiger partial charge < -0.3 is 19.2 Å². The highest BCUT2D eigenvalue weighted by molar-refractivity contribution is 5.87. The van der Waals surface area contributed by atoms with E-state index in [1.807, 2.05) is 26.0 Å². The minimum absolute atomic E-state index is 0.00655. The van der Waals surface area contributed by atoms with E-state index in [4.69, 9.17) is 13.9 Å². The van der Waals surface area contributed by atoms with E-state index in [0.29, 0.717) is 6.54 Å². The molecule has 7 nitrogen and oxygen atoms in total. The number of furan rings is 1. The van der Waals surface area contributed by atoms with E-state index in [9.17, 15) is 9.59 Å². The van der Waals surface area contributed by atoms with Gasteiger partial charge in [-0.05, 0) is 49.9 Å². The number of hydrogen-bond acceptors (Lipinski definition) is 6. The number of ether oxygens (including phenoxy) is 2. The molecule has 174 valence electrons. The van der Waals surface area contributed by atoms with Gasteiger partial charge in [-0.1, -0.05) is 19.3 Å². The van der Waals surface area contributed by atoms with Gasteiger partial charge in [-0.3, -0.25) is 14.5 Å². The van der Waals surface area contributed by atoms with Crippen molar-refractivity contribution in [2.45, 2.75) is 57.9 Å². The lowest BCUT2D eigenvalue weighted by Crippen LogP contribution is -2.59. The highest BCUT2D eigenvalue weighted by Crippen LogP contribution is 2.34. The first-order valence-corrected chi connectivity index (χ1v) is 11.7. The molecule has 0 atom stereocenters. The normalized spacial score (nSPS) is 19.1. The van der Waals surface area contributed by atoms with Gasteiger partial charge in [-0.2, -0.15) is 0 Å². The predicted molar refractivity (Wildman–Crippen MR) is 122 cm³/mol. The molecule has 2 fully saturated rings. The molecule has 1 amide bonds. The van der Waals surface area contributed by atoms with Crippen molar-refractivity contribution in [2.75, 3.05) is 39.5 Å². The quantitative estimate of drug-likeness (QED) is 0.663. The standard InChI is InChI=1S/C25H34N2O5/c1-18-12-21-20(15-31-22(21)13-19(18)2)14-24(29)32-16-23(28)26-17-25(6-4-3-5-7-25)27-8-10-30-11-9-27/h12-13,15H,3-11,14,16-17H2,1-2H3,(H,26,28). The average Bonchev–Trinajstić information content (AvgIpc) is 3.19. The maximum Gasteiger partial charge on any atom is 0.310 e. The largest absolute Gasteiger partial charge is 0.464 e. The first-order chi connectivity index (χ1) is 15.5. The van der Waals surface area contributed by atoms with Crippen LogP contribution in [0.2, 0.25) is 0 Å². The molecule has 1 aromatic carbocycles. The van der Waals surface area contributed by atoms with E-state index >= 15 is 0 Å². The molecule has 1 aliphatic carbocycles. The van der Waals surface area contributed by atoms with Crippen LogP contribution < -0.4 is 5.32 Å². The number of fused-ring (bicyclic) bond motifs is 1. The molecular weight excluding hydrogens is 408 g/mol. The number of aryl methyl sites for hydroxylation is 2. The molecule has 0 spiro atoms. The van der Waals surface area contributed by atoms with Gasteiger partial charge in [0, 0.05) is 36.1 Å². The van der Waals surface area contributed by atoms with Crippen molar-refractivity contribution in [3.63, 3.8) is 0 Å². The smallest absolute Gasteiger partial charge is 0.310 e. The predicted octanol–water partition coefficient (Wildman–Crippen LogP) is 3.29. The van der Waals surface area contributed by atoms with E-state index in [2.05, 4.69) is 10.2 Å². The zero-order chi connectivity index (χ0) is 22.6. The van der Waals surface area contributed by atoms with E-state index in [-0.39, 0.29) is 24.5 Å². The van der Waals surface area contributed by atoms with Gasteiger partial charge in [0.25, 0.3) is 5.91 Å². The van der Waals surface area contributed by atoms with E-state index < -0.39 is 5.97 Å². The lowest BCUT2D eigenvalue weighted by molar-refractivity contribution is -0.148. The fourth-order valence-corrected chi connectivity index (χ4v) is 4.99. The highest BCUT2D eigenvalue weighted by Gasteiger charge is 2.38. The Bertz CT molecular complexity index is 955. The SMILES string of the molecule is Cc1cc2occ(CC(=O)OCC(=O)NCC3(N4CCOCC4)CCCCC3)c2cc1C. The zero-order valence-corrected chi connectivity index (χ0v) is 19.2. The number of nitrogens with one attached hydrogen (secondary N) is 1. The number of rotatable bonds is 7. The molecule has 2 aromatic rings. The lowest BCUT2D eigenvalue weighted by atomic mass is 9.79. The molecule has 0 radical (unpaired) electrons. The van der Waals surface area contributed by atoms with Gasteiger partial charge in [0.15, 0.2) is 6.61 Å². The first-order valence-electron chi connectivity index (χ1n) is 11.7. The second-order valence-corrected chi connectivity index (χ2v) is 9.19. The Morgan fingerprint density at radius 1 is 1.09 bits per heavy atom. The Morgan fingerprint density at radius 3 is 2.56 bits per heavy atom. The fraction of sp³-hybridized carbons (Fsp3) is 0.600. The van der Waals surface area contributed by atoms with Crippen molar-refractivity contribution >= 4 is 22.8 Å². The summed E-state index contributed by atoms with van der Waals surface area (Å²) < 4.78 is 16.4. The van der Waals surface area contributed by atoms with Crippen LogP contribution in [0.5, 0.6) is 0 Å². The molecule has 7 heteroatoms. The first kappa shape index (κ1) is 22.8. The topological polar surface area (TPSA) is 81.0 Å². The molecule has 2 heterocycles. The van der Waals surface area contributed by atoms with Crippen LogP contribution >= 0.6 is 0 Å².